The molecule has 2 atom stereocenters. The van der Waals surface area contributed by atoms with Crippen LogP contribution in [0.25, 0.3) is 0 Å². The number of amides is 1. The highest BCUT2D eigenvalue weighted by molar-refractivity contribution is 7.10. The molecular formula is C18H16F3N5OS. The molecule has 0 saturated carbocycles. The van der Waals surface area contributed by atoms with Crippen molar-refractivity contribution in [1.29, 1.82) is 0 Å². The zero-order valence-corrected chi connectivity index (χ0v) is 15.3. The summed E-state index contributed by atoms with van der Waals surface area (Å²) in [5, 5.41) is 11.4. The summed E-state index contributed by atoms with van der Waals surface area (Å²) in [6.45, 7) is 0.168. The second kappa shape index (κ2) is 7.27. The molecule has 4 heterocycles. The molecule has 0 fully saturated rings. The van der Waals surface area contributed by atoms with Crippen LogP contribution >= 0.6 is 11.3 Å². The molecule has 0 spiro atoms. The average Bonchev–Trinajstić information content (AvgIpc) is 3.35. The van der Waals surface area contributed by atoms with Crippen LogP contribution in [0, 0.1) is 0 Å². The molecule has 1 amide bonds. The van der Waals surface area contributed by atoms with Crippen LogP contribution in [-0.2, 0) is 6.54 Å². The predicted octanol–water partition coefficient (Wildman–Crippen LogP) is 3.93. The van der Waals surface area contributed by atoms with Crippen LogP contribution in [0.1, 0.15) is 39.4 Å². The fourth-order valence-corrected chi connectivity index (χ4v) is 3.96. The molecule has 0 radical (unpaired) electrons. The summed E-state index contributed by atoms with van der Waals surface area (Å²) in [5.74, 6) is -0.433. The number of carbonyl (C=O) groups excluding carboxylic acids is 1. The SMILES string of the molecule is O=C(NCc1ccccn1)c1cnn2c1N[C@@H](c1cccs1)C[C@@H]2C(F)(F)F. The van der Waals surface area contributed by atoms with Crippen molar-refractivity contribution in [3.05, 3.63) is 64.2 Å². The number of nitrogens with zero attached hydrogens (tertiary/aromatic N) is 3. The Balaban J connectivity index is 1.61. The largest absolute Gasteiger partial charge is 0.410 e. The number of aromatic nitrogens is 3. The van der Waals surface area contributed by atoms with Gasteiger partial charge in [0.05, 0.1) is 24.5 Å². The Morgan fingerprint density at radius 2 is 2.18 bits per heavy atom. The Bertz CT molecular complexity index is 956. The molecule has 10 heteroatoms. The van der Waals surface area contributed by atoms with Gasteiger partial charge < -0.3 is 10.6 Å². The molecule has 0 aliphatic carbocycles. The number of nitrogens with one attached hydrogen (secondary N) is 2. The molecule has 4 rings (SSSR count). The summed E-state index contributed by atoms with van der Waals surface area (Å²) in [5.41, 5.74) is 0.723. The number of thiophene rings is 1. The highest BCUT2D eigenvalue weighted by Gasteiger charge is 2.47. The maximum atomic E-state index is 13.6. The number of carbonyl (C=O) groups is 1. The third kappa shape index (κ3) is 3.59. The normalized spacial score (nSPS) is 19.0. The molecule has 0 saturated heterocycles. The molecule has 0 bridgehead atoms. The molecule has 0 aromatic carbocycles. The van der Waals surface area contributed by atoms with Crippen molar-refractivity contribution in [2.45, 2.75) is 31.2 Å². The number of halogens is 3. The predicted molar refractivity (Wildman–Crippen MR) is 98.0 cm³/mol. The van der Waals surface area contributed by atoms with Crippen molar-refractivity contribution < 1.29 is 18.0 Å². The first-order valence-corrected chi connectivity index (χ1v) is 9.43. The van der Waals surface area contributed by atoms with Gasteiger partial charge in [0.2, 0.25) is 0 Å². The lowest BCUT2D eigenvalue weighted by Crippen LogP contribution is -2.36. The van der Waals surface area contributed by atoms with Gasteiger partial charge in [-0.05, 0) is 23.6 Å². The van der Waals surface area contributed by atoms with E-state index in [9.17, 15) is 18.0 Å². The molecule has 3 aromatic rings. The summed E-state index contributed by atoms with van der Waals surface area (Å²) in [4.78, 5) is 17.5. The molecule has 2 N–H and O–H groups in total. The second-order valence-corrected chi connectivity index (χ2v) is 7.34. The number of hydrogen-bond donors (Lipinski definition) is 2. The fraction of sp³-hybridized carbons (Fsp3) is 0.278. The van der Waals surface area contributed by atoms with Crippen LogP contribution < -0.4 is 10.6 Å². The van der Waals surface area contributed by atoms with Crippen molar-refractivity contribution in [3.63, 3.8) is 0 Å². The number of alkyl halides is 3. The standard InChI is InChI=1S/C18H16F3N5OS/c19-18(20,21)15-8-13(14-5-3-7-28-14)25-16-12(10-24-26(15)16)17(27)23-9-11-4-1-2-6-22-11/h1-7,10,13,15,25H,8-9H2,(H,23,27)/t13-,15-/m1/s1. The van der Waals surface area contributed by atoms with Crippen LogP contribution in [0.2, 0.25) is 0 Å². The Hall–Kier alpha value is -2.88. The number of fused-ring (bicyclic) bond motifs is 1. The lowest BCUT2D eigenvalue weighted by molar-refractivity contribution is -0.173. The monoisotopic (exact) mass is 407 g/mol. The molecule has 146 valence electrons. The second-order valence-electron chi connectivity index (χ2n) is 6.36. The van der Waals surface area contributed by atoms with Gasteiger partial charge in [0.1, 0.15) is 11.4 Å². The Kier molecular flexibility index (Phi) is 4.80. The summed E-state index contributed by atoms with van der Waals surface area (Å²) in [6.07, 6.45) is -1.89. The van der Waals surface area contributed by atoms with E-state index in [1.54, 1.807) is 36.5 Å². The molecular weight excluding hydrogens is 391 g/mol. The van der Waals surface area contributed by atoms with Gasteiger partial charge in [0.15, 0.2) is 6.04 Å². The minimum atomic E-state index is -4.47. The van der Waals surface area contributed by atoms with E-state index < -0.39 is 24.2 Å². The van der Waals surface area contributed by atoms with Gasteiger partial charge in [-0.1, -0.05) is 12.1 Å². The summed E-state index contributed by atoms with van der Waals surface area (Å²) >= 11 is 1.37. The van der Waals surface area contributed by atoms with Crippen molar-refractivity contribution in [1.82, 2.24) is 20.1 Å². The van der Waals surface area contributed by atoms with Crippen molar-refractivity contribution in [2.24, 2.45) is 0 Å². The van der Waals surface area contributed by atoms with E-state index in [-0.39, 0.29) is 24.3 Å². The summed E-state index contributed by atoms with van der Waals surface area (Å²) in [7, 11) is 0. The van der Waals surface area contributed by atoms with Crippen LogP contribution in [-0.4, -0.2) is 26.8 Å². The van der Waals surface area contributed by atoms with E-state index in [4.69, 9.17) is 0 Å². The van der Waals surface area contributed by atoms with E-state index in [0.29, 0.717) is 5.69 Å². The highest BCUT2D eigenvalue weighted by atomic mass is 32.1. The van der Waals surface area contributed by atoms with Crippen molar-refractivity contribution in [3.8, 4) is 0 Å². The van der Waals surface area contributed by atoms with Crippen LogP contribution in [0.15, 0.2) is 48.1 Å². The Morgan fingerprint density at radius 3 is 2.86 bits per heavy atom. The van der Waals surface area contributed by atoms with Crippen molar-refractivity contribution in [2.75, 3.05) is 5.32 Å². The summed E-state index contributed by atoms with van der Waals surface area (Å²) < 4.78 is 41.7. The zero-order valence-electron chi connectivity index (χ0n) is 14.5. The molecule has 28 heavy (non-hydrogen) atoms. The number of rotatable bonds is 4. The molecule has 6 nitrogen and oxygen atoms in total. The van der Waals surface area contributed by atoms with Gasteiger partial charge in [-0.25, -0.2) is 4.68 Å². The maximum Gasteiger partial charge on any atom is 0.410 e. The smallest absolute Gasteiger partial charge is 0.362 e. The van der Waals surface area contributed by atoms with E-state index >= 15 is 0 Å². The lowest BCUT2D eigenvalue weighted by Gasteiger charge is -2.33. The van der Waals surface area contributed by atoms with Crippen LogP contribution in [0.5, 0.6) is 0 Å². The van der Waals surface area contributed by atoms with Gasteiger partial charge >= 0.3 is 6.18 Å². The Morgan fingerprint density at radius 1 is 1.32 bits per heavy atom. The average molecular weight is 407 g/mol. The van der Waals surface area contributed by atoms with Gasteiger partial charge in [-0.3, -0.25) is 9.78 Å². The van der Waals surface area contributed by atoms with Crippen LogP contribution in [0.4, 0.5) is 19.0 Å². The number of pyridine rings is 1. The van der Waals surface area contributed by atoms with E-state index in [1.165, 1.54) is 17.5 Å². The number of anilines is 1. The first kappa shape index (κ1) is 18.5. The zero-order chi connectivity index (χ0) is 19.7. The third-order valence-electron chi connectivity index (χ3n) is 4.53. The molecule has 3 aromatic heterocycles. The van der Waals surface area contributed by atoms with Gasteiger partial charge in [0.25, 0.3) is 5.91 Å². The quantitative estimate of drug-likeness (QED) is 0.688. The third-order valence-corrected chi connectivity index (χ3v) is 5.51. The van der Waals surface area contributed by atoms with Gasteiger partial charge in [-0.2, -0.15) is 18.3 Å². The van der Waals surface area contributed by atoms with Crippen LogP contribution in [0.3, 0.4) is 0 Å². The Labute approximate surface area is 162 Å². The minimum absolute atomic E-state index is 0.0745. The highest BCUT2D eigenvalue weighted by Crippen LogP contribution is 2.44. The molecule has 0 unspecified atom stereocenters. The molecule has 1 aliphatic rings. The minimum Gasteiger partial charge on any atom is -0.362 e. The first-order valence-electron chi connectivity index (χ1n) is 8.56. The lowest BCUT2D eigenvalue weighted by atomic mass is 10.0. The van der Waals surface area contributed by atoms with Gasteiger partial charge in [-0.15, -0.1) is 11.3 Å². The topological polar surface area (TPSA) is 71.8 Å². The van der Waals surface area contributed by atoms with E-state index in [1.807, 2.05) is 5.38 Å². The fourth-order valence-electron chi connectivity index (χ4n) is 3.17. The number of hydrogen-bond acceptors (Lipinski definition) is 5. The van der Waals surface area contributed by atoms with E-state index in [2.05, 4.69) is 20.7 Å². The van der Waals surface area contributed by atoms with Crippen molar-refractivity contribution >= 4 is 23.1 Å². The maximum absolute atomic E-state index is 13.6. The summed E-state index contributed by atoms with van der Waals surface area (Å²) in [6, 6.07) is 6.52. The van der Waals surface area contributed by atoms with Gasteiger partial charge in [0, 0.05) is 17.5 Å². The molecule has 1 aliphatic heterocycles. The first-order chi connectivity index (χ1) is 13.4. The van der Waals surface area contributed by atoms with E-state index in [0.717, 1.165) is 9.56 Å².